The van der Waals surface area contributed by atoms with Crippen LogP contribution in [-0.2, 0) is 11.2 Å². The molecule has 2 rings (SSSR count). The molecule has 1 fully saturated rings. The molecular weight excluding hydrogens is 182 g/mol. The summed E-state index contributed by atoms with van der Waals surface area (Å²) in [5, 5.41) is 3.94. The molecule has 1 aliphatic rings. The first kappa shape index (κ1) is 9.61. The molecule has 2 heterocycles. The summed E-state index contributed by atoms with van der Waals surface area (Å²) in [6, 6.07) is 0. The van der Waals surface area contributed by atoms with Crippen LogP contribution in [0.5, 0.6) is 0 Å². The van der Waals surface area contributed by atoms with Crippen molar-refractivity contribution < 1.29 is 9.26 Å². The average molecular weight is 197 g/mol. The van der Waals surface area contributed by atoms with Gasteiger partial charge in [0.25, 0.3) is 0 Å². The van der Waals surface area contributed by atoms with Gasteiger partial charge in [-0.25, -0.2) is 0 Å². The summed E-state index contributed by atoms with van der Waals surface area (Å²) in [6.07, 6.45) is 2.81. The second-order valence-electron chi connectivity index (χ2n) is 3.50. The minimum absolute atomic E-state index is 0.305. The first-order chi connectivity index (χ1) is 6.90. The van der Waals surface area contributed by atoms with Gasteiger partial charge in [0.2, 0.25) is 5.89 Å². The summed E-state index contributed by atoms with van der Waals surface area (Å²) >= 11 is 0. The Morgan fingerprint density at radius 2 is 2.43 bits per heavy atom. The fourth-order valence-electron chi connectivity index (χ4n) is 1.60. The summed E-state index contributed by atoms with van der Waals surface area (Å²) in [5.74, 6) is 1.71. The summed E-state index contributed by atoms with van der Waals surface area (Å²) in [6.45, 7) is 2.11. The molecule has 5 heteroatoms. The minimum atomic E-state index is 0.305. The van der Waals surface area contributed by atoms with Crippen molar-refractivity contribution in [3.8, 4) is 0 Å². The molecule has 0 spiro atoms. The summed E-state index contributed by atoms with van der Waals surface area (Å²) in [4.78, 5) is 4.29. The zero-order chi connectivity index (χ0) is 9.80. The van der Waals surface area contributed by atoms with Gasteiger partial charge in [0.15, 0.2) is 5.82 Å². The molecule has 78 valence electrons. The van der Waals surface area contributed by atoms with Crippen LogP contribution in [0, 0.1) is 0 Å². The normalized spacial score (nSPS) is 22.5. The van der Waals surface area contributed by atoms with E-state index >= 15 is 0 Å². The van der Waals surface area contributed by atoms with Crippen LogP contribution in [0.2, 0.25) is 0 Å². The van der Waals surface area contributed by atoms with E-state index in [2.05, 4.69) is 10.1 Å². The molecule has 1 aliphatic heterocycles. The Morgan fingerprint density at radius 1 is 1.50 bits per heavy atom. The lowest BCUT2D eigenvalue weighted by Gasteiger charge is -2.18. The van der Waals surface area contributed by atoms with Crippen LogP contribution in [0.25, 0.3) is 0 Å². The van der Waals surface area contributed by atoms with Crippen molar-refractivity contribution in [1.29, 1.82) is 0 Å². The maximum atomic E-state index is 5.40. The van der Waals surface area contributed by atoms with Crippen LogP contribution < -0.4 is 5.73 Å². The van der Waals surface area contributed by atoms with Gasteiger partial charge in [-0.2, -0.15) is 4.98 Å². The summed E-state index contributed by atoms with van der Waals surface area (Å²) < 4.78 is 10.4. The maximum Gasteiger partial charge on any atom is 0.227 e. The molecule has 0 bridgehead atoms. The Hall–Kier alpha value is -0.940. The number of hydrogen-bond acceptors (Lipinski definition) is 5. The van der Waals surface area contributed by atoms with Crippen LogP contribution in [0.1, 0.15) is 30.5 Å². The van der Waals surface area contributed by atoms with Crippen LogP contribution in [-0.4, -0.2) is 29.9 Å². The van der Waals surface area contributed by atoms with Crippen LogP contribution in [0.3, 0.4) is 0 Å². The molecule has 1 aromatic heterocycles. The van der Waals surface area contributed by atoms with Gasteiger partial charge in [-0.1, -0.05) is 5.16 Å². The zero-order valence-electron chi connectivity index (χ0n) is 8.11. The third-order valence-corrected chi connectivity index (χ3v) is 2.37. The van der Waals surface area contributed by atoms with E-state index < -0.39 is 0 Å². The van der Waals surface area contributed by atoms with Crippen LogP contribution in [0.15, 0.2) is 4.52 Å². The highest BCUT2D eigenvalue weighted by atomic mass is 16.5. The van der Waals surface area contributed by atoms with E-state index in [0.29, 0.717) is 31.4 Å². The van der Waals surface area contributed by atoms with Gasteiger partial charge in [-0.3, -0.25) is 0 Å². The fraction of sp³-hybridized carbons (Fsp3) is 0.778. The Kier molecular flexibility index (Phi) is 3.10. The second kappa shape index (κ2) is 4.52. The number of rotatable bonds is 3. The molecule has 1 atom stereocenters. The molecule has 14 heavy (non-hydrogen) atoms. The Labute approximate surface area is 82.6 Å². The van der Waals surface area contributed by atoms with Crippen molar-refractivity contribution >= 4 is 0 Å². The highest BCUT2D eigenvalue weighted by molar-refractivity contribution is 4.96. The topological polar surface area (TPSA) is 74.2 Å². The third-order valence-electron chi connectivity index (χ3n) is 2.37. The van der Waals surface area contributed by atoms with Crippen LogP contribution >= 0.6 is 0 Å². The van der Waals surface area contributed by atoms with Crippen molar-refractivity contribution in [3.63, 3.8) is 0 Å². The quantitative estimate of drug-likeness (QED) is 0.762. The predicted molar refractivity (Wildman–Crippen MR) is 49.9 cm³/mol. The van der Waals surface area contributed by atoms with Gasteiger partial charge in [-0.05, 0) is 12.8 Å². The van der Waals surface area contributed by atoms with E-state index in [1.54, 1.807) is 0 Å². The third kappa shape index (κ3) is 2.10. The van der Waals surface area contributed by atoms with Crippen molar-refractivity contribution in [1.82, 2.24) is 10.1 Å². The maximum absolute atomic E-state index is 5.40. The lowest BCUT2D eigenvalue weighted by molar-refractivity contribution is 0.0773. The van der Waals surface area contributed by atoms with Gasteiger partial charge < -0.3 is 15.0 Å². The van der Waals surface area contributed by atoms with E-state index in [-0.39, 0.29) is 0 Å². The van der Waals surface area contributed by atoms with Gasteiger partial charge in [0.1, 0.15) is 0 Å². The van der Waals surface area contributed by atoms with E-state index in [1.807, 2.05) is 0 Å². The SMILES string of the molecule is NCCc1nc(C2CCCOC2)no1. The molecule has 5 nitrogen and oxygen atoms in total. The monoisotopic (exact) mass is 197 g/mol. The number of aromatic nitrogens is 2. The van der Waals surface area contributed by atoms with Gasteiger partial charge >= 0.3 is 0 Å². The second-order valence-corrected chi connectivity index (χ2v) is 3.50. The minimum Gasteiger partial charge on any atom is -0.381 e. The number of nitrogens with zero attached hydrogens (tertiary/aromatic N) is 2. The molecule has 0 aromatic carbocycles. The first-order valence-electron chi connectivity index (χ1n) is 5.00. The first-order valence-corrected chi connectivity index (χ1v) is 5.00. The van der Waals surface area contributed by atoms with Gasteiger partial charge in [0.05, 0.1) is 6.61 Å². The van der Waals surface area contributed by atoms with Crippen molar-refractivity contribution in [2.75, 3.05) is 19.8 Å². The van der Waals surface area contributed by atoms with E-state index in [0.717, 1.165) is 25.3 Å². The molecule has 0 saturated carbocycles. The molecule has 1 saturated heterocycles. The number of nitrogens with two attached hydrogens (primary N) is 1. The van der Waals surface area contributed by atoms with E-state index in [9.17, 15) is 0 Å². The Bertz CT molecular complexity index is 281. The molecule has 2 N–H and O–H groups in total. The fourth-order valence-corrected chi connectivity index (χ4v) is 1.60. The van der Waals surface area contributed by atoms with Crippen molar-refractivity contribution in [3.05, 3.63) is 11.7 Å². The molecule has 0 aliphatic carbocycles. The lowest BCUT2D eigenvalue weighted by Crippen LogP contribution is -2.16. The van der Waals surface area contributed by atoms with Crippen LogP contribution in [0.4, 0.5) is 0 Å². The van der Waals surface area contributed by atoms with E-state index in [1.165, 1.54) is 0 Å². The Balaban J connectivity index is 2.00. The smallest absolute Gasteiger partial charge is 0.227 e. The molecule has 0 amide bonds. The molecule has 0 radical (unpaired) electrons. The average Bonchev–Trinajstić information content (AvgIpc) is 2.68. The number of hydrogen-bond donors (Lipinski definition) is 1. The molecular formula is C9H15N3O2. The van der Waals surface area contributed by atoms with E-state index in [4.69, 9.17) is 15.0 Å². The predicted octanol–water partition coefficient (Wildman–Crippen LogP) is 0.465. The summed E-state index contributed by atoms with van der Waals surface area (Å²) in [5.41, 5.74) is 5.40. The lowest BCUT2D eigenvalue weighted by atomic mass is 10.0. The largest absolute Gasteiger partial charge is 0.381 e. The summed E-state index contributed by atoms with van der Waals surface area (Å²) in [7, 11) is 0. The van der Waals surface area contributed by atoms with Crippen molar-refractivity contribution in [2.24, 2.45) is 5.73 Å². The standard InChI is InChI=1S/C9H15N3O2/c10-4-3-8-11-9(12-14-8)7-2-1-5-13-6-7/h7H,1-6,10H2. The molecule has 1 aromatic rings. The van der Waals surface area contributed by atoms with Gasteiger partial charge in [0, 0.05) is 25.5 Å². The zero-order valence-corrected chi connectivity index (χ0v) is 8.11. The highest BCUT2D eigenvalue weighted by Crippen LogP contribution is 2.22. The molecule has 1 unspecified atom stereocenters. The Morgan fingerprint density at radius 3 is 3.14 bits per heavy atom. The highest BCUT2D eigenvalue weighted by Gasteiger charge is 2.21. The van der Waals surface area contributed by atoms with Crippen molar-refractivity contribution in [2.45, 2.75) is 25.2 Å². The number of ether oxygens (including phenoxy) is 1. The van der Waals surface area contributed by atoms with Gasteiger partial charge in [-0.15, -0.1) is 0 Å².